The van der Waals surface area contributed by atoms with Gasteiger partial charge in [0.15, 0.2) is 0 Å². The monoisotopic (exact) mass is 1140 g/mol. The molecule has 0 heterocycles. The molecule has 3 unspecified atom stereocenters. The van der Waals surface area contributed by atoms with Gasteiger partial charge in [0, 0.05) is 16.7 Å². The van der Waals surface area contributed by atoms with Gasteiger partial charge < -0.3 is 0 Å². The molecule has 0 fully saturated rings. The van der Waals surface area contributed by atoms with Crippen molar-refractivity contribution in [1.82, 2.24) is 0 Å². The molecule has 5 aliphatic carbocycles. The van der Waals surface area contributed by atoms with Gasteiger partial charge in [-0.2, -0.15) is 0 Å². The van der Waals surface area contributed by atoms with Crippen LogP contribution in [0.1, 0.15) is 234 Å². The van der Waals surface area contributed by atoms with Gasteiger partial charge in [0.05, 0.1) is 0 Å². The molecule has 0 saturated heterocycles. The first-order valence-electron chi connectivity index (χ1n) is 33.2. The molecule has 0 aliphatic heterocycles. The van der Waals surface area contributed by atoms with Crippen LogP contribution < -0.4 is 0 Å². The van der Waals surface area contributed by atoms with Crippen molar-refractivity contribution in [1.29, 1.82) is 0 Å². The molecule has 0 nitrogen and oxygen atoms in total. The summed E-state index contributed by atoms with van der Waals surface area (Å²) >= 11 is 0. The van der Waals surface area contributed by atoms with Crippen LogP contribution in [0.25, 0.3) is 82.4 Å². The van der Waals surface area contributed by atoms with Crippen LogP contribution in [0.3, 0.4) is 0 Å². The molecule has 3 atom stereocenters. The second-order valence-electron chi connectivity index (χ2n) is 35.6. The van der Waals surface area contributed by atoms with Crippen molar-refractivity contribution in [2.75, 3.05) is 0 Å². The Morgan fingerprint density at radius 3 is 1.30 bits per heavy atom. The highest BCUT2D eigenvalue weighted by Crippen LogP contribution is 2.61. The molecule has 5 aliphatic rings. The van der Waals surface area contributed by atoms with Crippen LogP contribution in [0.4, 0.5) is 0 Å². The predicted molar refractivity (Wildman–Crippen MR) is 380 cm³/mol. The summed E-state index contributed by atoms with van der Waals surface area (Å²) in [5, 5.41) is 7.85. The van der Waals surface area contributed by atoms with Gasteiger partial charge in [-0.05, 0) is 230 Å². The van der Waals surface area contributed by atoms with E-state index in [4.69, 9.17) is 0 Å². The quantitative estimate of drug-likeness (QED) is 0.155. The highest BCUT2D eigenvalue weighted by atomic mass is 14.5. The lowest BCUT2D eigenvalue weighted by Gasteiger charge is -2.35. The summed E-state index contributed by atoms with van der Waals surface area (Å²) in [7, 11) is 0. The molecule has 0 spiro atoms. The maximum Gasteiger partial charge on any atom is 0.0159 e. The van der Waals surface area contributed by atoms with Crippen LogP contribution in [0.2, 0.25) is 0 Å². The molecule has 448 valence electrons. The number of benzene rings is 8. The zero-order valence-corrected chi connectivity index (χ0v) is 57.7. The average Bonchev–Trinajstić information content (AvgIpc) is 1.66. The van der Waals surface area contributed by atoms with Crippen LogP contribution in [-0.4, -0.2) is 0 Å². The zero-order chi connectivity index (χ0) is 62.8. The number of allylic oxidation sites excluding steroid dienone is 8. The van der Waals surface area contributed by atoms with E-state index in [1.807, 2.05) is 0 Å². The lowest BCUT2D eigenvalue weighted by atomic mass is 9.69. The molecule has 0 radical (unpaired) electrons. The van der Waals surface area contributed by atoms with Gasteiger partial charge in [-0.25, -0.2) is 0 Å². The number of rotatable bonds is 3. The van der Waals surface area contributed by atoms with Crippen LogP contribution in [0, 0.1) is 22.7 Å². The van der Waals surface area contributed by atoms with Crippen LogP contribution in [-0.2, 0) is 37.9 Å². The maximum atomic E-state index is 2.65. The Kier molecular flexibility index (Phi) is 12.8. The van der Waals surface area contributed by atoms with Crippen molar-refractivity contribution in [2.45, 2.75) is 216 Å². The first-order valence-corrected chi connectivity index (χ1v) is 33.2. The SMILES string of the molecule is CC(C)(C)C1=CC2C(C=C1)c1c(-c3ccc4c5cc(-c6cc(C(C)(C)C)cc7c6C6=C(CC(C(C)(C)C)C=C6)C7(C)C)ccc5c5cc(-c6cc(C(C)(C)C)cc7c6-c6ccc(C(C)(C)C)cc6C7(C)C)ccc5c4c3)cc(C(C)(C)C)cc1C2(C)C. The Labute approximate surface area is 524 Å². The first kappa shape index (κ1) is 59.5. The van der Waals surface area contributed by atoms with Gasteiger partial charge in [0.2, 0.25) is 0 Å². The second-order valence-corrected chi connectivity index (χ2v) is 35.6. The van der Waals surface area contributed by atoms with Crippen molar-refractivity contribution in [3.05, 3.63) is 206 Å². The second kappa shape index (κ2) is 18.8. The van der Waals surface area contributed by atoms with E-state index in [2.05, 4.69) is 306 Å². The topological polar surface area (TPSA) is 0 Å². The zero-order valence-electron chi connectivity index (χ0n) is 57.7. The molecule has 0 bridgehead atoms. The first-order chi connectivity index (χ1) is 40.2. The van der Waals surface area contributed by atoms with Gasteiger partial charge in [0.25, 0.3) is 0 Å². The standard InChI is InChI=1S/C87H100/c1-79(2,3)52-28-34-61-70(43-52)85(19,20)73-46-55(82(10,11)12)40-64(76(61)73)49-25-31-58-67(37-49)59-32-26-50(65-41-56(83(13,14)15)47-74-77(65)62-35-29-53(80(4,5)6)44-71(62)86(74,21)22)39-69(59)60-33-27-51(38-68(58)60)66-42-57(84(16,17)18)48-75-78(66)63-36-30-54(81(7,8)9)45-72(63)87(75,23)24/h25-44,46-48,54,61,70H,45H2,1-24H3. The summed E-state index contributed by atoms with van der Waals surface area (Å²) < 4.78 is 0. The Hall–Kier alpha value is -6.50. The molecule has 0 amide bonds. The largest absolute Gasteiger partial charge is 0.0800 e. The lowest BCUT2D eigenvalue weighted by Crippen LogP contribution is -2.27. The summed E-state index contributed by atoms with van der Waals surface area (Å²) in [6.45, 7) is 57.9. The Morgan fingerprint density at radius 1 is 0.368 bits per heavy atom. The van der Waals surface area contributed by atoms with E-state index in [-0.39, 0.29) is 48.7 Å². The number of hydrogen-bond acceptors (Lipinski definition) is 0. The summed E-state index contributed by atoms with van der Waals surface area (Å²) in [6.07, 6.45) is 13.8. The fraction of sp³-hybridized carbons (Fsp3) is 0.425. The fourth-order valence-electron chi connectivity index (χ4n) is 16.4. The maximum absolute atomic E-state index is 2.65. The van der Waals surface area contributed by atoms with E-state index in [9.17, 15) is 0 Å². The average molecular weight is 1150 g/mol. The Morgan fingerprint density at radius 2 is 0.816 bits per heavy atom. The van der Waals surface area contributed by atoms with Crippen LogP contribution >= 0.6 is 0 Å². The predicted octanol–water partition coefficient (Wildman–Crippen LogP) is 24.8. The van der Waals surface area contributed by atoms with Gasteiger partial charge >= 0.3 is 0 Å². The van der Waals surface area contributed by atoms with Crippen molar-refractivity contribution in [3.8, 4) is 44.5 Å². The van der Waals surface area contributed by atoms with E-state index in [0.29, 0.717) is 17.8 Å². The fourth-order valence-corrected chi connectivity index (χ4v) is 16.4. The minimum Gasteiger partial charge on any atom is -0.0800 e. The molecule has 0 heteroatoms. The molecular weight excluding hydrogens is 1040 g/mol. The molecule has 8 aromatic carbocycles. The third kappa shape index (κ3) is 9.23. The number of hydrogen-bond donors (Lipinski definition) is 0. The molecule has 0 saturated carbocycles. The van der Waals surface area contributed by atoms with Gasteiger partial charge in [-0.15, -0.1) is 0 Å². The Balaban J connectivity index is 1.10. The smallest absolute Gasteiger partial charge is 0.0159 e. The summed E-state index contributed by atoms with van der Waals surface area (Å²) in [4.78, 5) is 0. The van der Waals surface area contributed by atoms with Crippen LogP contribution in [0.15, 0.2) is 151 Å². The van der Waals surface area contributed by atoms with Crippen molar-refractivity contribution >= 4 is 37.9 Å². The summed E-state index contributed by atoms with van der Waals surface area (Å²) in [5.41, 5.74) is 29.5. The minimum absolute atomic E-state index is 0.0320. The lowest BCUT2D eigenvalue weighted by molar-refractivity contribution is 0.283. The Bertz CT molecular complexity index is 4410. The van der Waals surface area contributed by atoms with Gasteiger partial charge in [-0.3, -0.25) is 0 Å². The van der Waals surface area contributed by atoms with E-state index in [0.717, 1.165) is 6.42 Å². The number of fused-ring (bicyclic) bond motifs is 14. The highest BCUT2D eigenvalue weighted by molar-refractivity contribution is 6.27. The molecule has 87 heavy (non-hydrogen) atoms. The van der Waals surface area contributed by atoms with Crippen molar-refractivity contribution in [3.63, 3.8) is 0 Å². The van der Waals surface area contributed by atoms with Gasteiger partial charge in [-0.1, -0.05) is 281 Å². The molecule has 8 aromatic rings. The van der Waals surface area contributed by atoms with Crippen molar-refractivity contribution in [2.24, 2.45) is 22.7 Å². The molecule has 0 N–H and O–H groups in total. The molecule has 0 aromatic heterocycles. The molecular formula is C87H100. The summed E-state index contributed by atoms with van der Waals surface area (Å²) in [5.74, 6) is 1.16. The van der Waals surface area contributed by atoms with E-state index in [1.54, 1.807) is 5.57 Å². The van der Waals surface area contributed by atoms with E-state index < -0.39 is 0 Å². The highest BCUT2D eigenvalue weighted by Gasteiger charge is 2.48. The molecule has 13 rings (SSSR count). The third-order valence-corrected chi connectivity index (χ3v) is 22.4. The van der Waals surface area contributed by atoms with Gasteiger partial charge in [0.1, 0.15) is 0 Å². The van der Waals surface area contributed by atoms with E-state index in [1.165, 1.54) is 144 Å². The van der Waals surface area contributed by atoms with Crippen LogP contribution in [0.5, 0.6) is 0 Å². The van der Waals surface area contributed by atoms with Crippen molar-refractivity contribution < 1.29 is 0 Å². The summed E-state index contributed by atoms with van der Waals surface area (Å²) in [6, 6.07) is 45.5. The third-order valence-electron chi connectivity index (χ3n) is 22.4. The van der Waals surface area contributed by atoms with E-state index >= 15 is 0 Å². The minimum atomic E-state index is -0.162. The normalized spacial score (nSPS) is 20.2.